The summed E-state index contributed by atoms with van der Waals surface area (Å²) in [6.07, 6.45) is 0. The zero-order valence-corrected chi connectivity index (χ0v) is 9.36. The Balaban J connectivity index is 2.14. The Hall–Kier alpha value is -1.90. The molecule has 0 bridgehead atoms. The molecule has 1 aliphatic rings. The SMILES string of the molecule is Cc1ccc(C)n1-c1ccc2c(c1)OCO2. The predicted molar refractivity (Wildman–Crippen MR) is 61.4 cm³/mol. The summed E-state index contributed by atoms with van der Waals surface area (Å²) < 4.78 is 12.9. The van der Waals surface area contributed by atoms with E-state index < -0.39 is 0 Å². The summed E-state index contributed by atoms with van der Waals surface area (Å²) in [5.41, 5.74) is 3.55. The van der Waals surface area contributed by atoms with E-state index in [9.17, 15) is 0 Å². The molecule has 2 aromatic rings. The smallest absolute Gasteiger partial charge is 0.231 e. The van der Waals surface area contributed by atoms with Gasteiger partial charge in [-0.2, -0.15) is 0 Å². The van der Waals surface area contributed by atoms with Crippen LogP contribution in [0.25, 0.3) is 5.69 Å². The second-order valence-corrected chi connectivity index (χ2v) is 3.99. The van der Waals surface area contributed by atoms with Crippen molar-refractivity contribution in [3.8, 4) is 17.2 Å². The van der Waals surface area contributed by atoms with Gasteiger partial charge in [0.05, 0.1) is 0 Å². The van der Waals surface area contributed by atoms with Gasteiger partial charge in [-0.25, -0.2) is 0 Å². The van der Waals surface area contributed by atoms with Gasteiger partial charge in [0, 0.05) is 23.1 Å². The zero-order chi connectivity index (χ0) is 11.1. The molecular formula is C13H13NO2. The lowest BCUT2D eigenvalue weighted by molar-refractivity contribution is 0.174. The molecule has 1 aromatic carbocycles. The highest BCUT2D eigenvalue weighted by Crippen LogP contribution is 2.34. The van der Waals surface area contributed by atoms with Crippen molar-refractivity contribution in [3.05, 3.63) is 41.7 Å². The second kappa shape index (κ2) is 3.30. The molecule has 16 heavy (non-hydrogen) atoms. The highest BCUT2D eigenvalue weighted by Gasteiger charge is 2.14. The first-order chi connectivity index (χ1) is 7.75. The number of hydrogen-bond donors (Lipinski definition) is 0. The minimum absolute atomic E-state index is 0.322. The van der Waals surface area contributed by atoms with Crippen molar-refractivity contribution in [3.63, 3.8) is 0 Å². The third-order valence-electron chi connectivity index (χ3n) is 2.89. The van der Waals surface area contributed by atoms with Gasteiger partial charge in [-0.15, -0.1) is 0 Å². The molecule has 0 saturated heterocycles. The monoisotopic (exact) mass is 215 g/mol. The van der Waals surface area contributed by atoms with E-state index in [-0.39, 0.29) is 0 Å². The zero-order valence-electron chi connectivity index (χ0n) is 9.36. The van der Waals surface area contributed by atoms with Crippen molar-refractivity contribution in [1.82, 2.24) is 4.57 Å². The highest BCUT2D eigenvalue weighted by atomic mass is 16.7. The van der Waals surface area contributed by atoms with Gasteiger partial charge in [0.25, 0.3) is 0 Å². The van der Waals surface area contributed by atoms with Crippen LogP contribution in [0, 0.1) is 13.8 Å². The van der Waals surface area contributed by atoms with Gasteiger partial charge in [0.1, 0.15) is 0 Å². The Morgan fingerprint density at radius 1 is 0.938 bits per heavy atom. The van der Waals surface area contributed by atoms with Gasteiger partial charge in [0.2, 0.25) is 6.79 Å². The number of nitrogens with zero attached hydrogens (tertiary/aromatic N) is 1. The van der Waals surface area contributed by atoms with E-state index in [2.05, 4.69) is 30.5 Å². The molecule has 3 heteroatoms. The van der Waals surface area contributed by atoms with Crippen LogP contribution in [0.5, 0.6) is 11.5 Å². The van der Waals surface area contributed by atoms with Crippen LogP contribution in [-0.4, -0.2) is 11.4 Å². The number of benzene rings is 1. The number of ether oxygens (including phenoxy) is 2. The molecule has 0 radical (unpaired) electrons. The van der Waals surface area contributed by atoms with Gasteiger partial charge in [-0.05, 0) is 38.1 Å². The van der Waals surface area contributed by atoms with Crippen molar-refractivity contribution in [2.75, 3.05) is 6.79 Å². The minimum atomic E-state index is 0.322. The second-order valence-electron chi connectivity index (χ2n) is 3.99. The van der Waals surface area contributed by atoms with Crippen LogP contribution in [0.4, 0.5) is 0 Å². The molecule has 0 saturated carbocycles. The van der Waals surface area contributed by atoms with Crippen LogP contribution < -0.4 is 9.47 Å². The quantitative estimate of drug-likeness (QED) is 0.730. The summed E-state index contributed by atoms with van der Waals surface area (Å²) in [5.74, 6) is 1.65. The fourth-order valence-electron chi connectivity index (χ4n) is 2.10. The fraction of sp³-hybridized carbons (Fsp3) is 0.231. The van der Waals surface area contributed by atoms with Gasteiger partial charge >= 0.3 is 0 Å². The predicted octanol–water partition coefficient (Wildman–Crippen LogP) is 2.82. The normalized spacial score (nSPS) is 13.1. The van der Waals surface area contributed by atoms with Gasteiger partial charge in [-0.1, -0.05) is 0 Å². The summed E-state index contributed by atoms with van der Waals surface area (Å²) >= 11 is 0. The average molecular weight is 215 g/mol. The molecule has 0 N–H and O–H groups in total. The first-order valence-corrected chi connectivity index (χ1v) is 5.31. The van der Waals surface area contributed by atoms with Crippen molar-refractivity contribution >= 4 is 0 Å². The number of aromatic nitrogens is 1. The molecule has 3 rings (SSSR count). The molecule has 1 aromatic heterocycles. The van der Waals surface area contributed by atoms with Crippen LogP contribution in [0.1, 0.15) is 11.4 Å². The number of hydrogen-bond acceptors (Lipinski definition) is 2. The minimum Gasteiger partial charge on any atom is -0.454 e. The van der Waals surface area contributed by atoms with Crippen molar-refractivity contribution in [1.29, 1.82) is 0 Å². The lowest BCUT2D eigenvalue weighted by atomic mass is 10.2. The van der Waals surface area contributed by atoms with Crippen LogP contribution in [0.15, 0.2) is 30.3 Å². The summed E-state index contributed by atoms with van der Waals surface area (Å²) in [4.78, 5) is 0. The van der Waals surface area contributed by atoms with E-state index in [1.54, 1.807) is 0 Å². The summed E-state index contributed by atoms with van der Waals surface area (Å²) in [6, 6.07) is 10.2. The highest BCUT2D eigenvalue weighted by molar-refractivity contribution is 5.51. The van der Waals surface area contributed by atoms with Crippen LogP contribution in [0.3, 0.4) is 0 Å². The van der Waals surface area contributed by atoms with E-state index in [4.69, 9.17) is 9.47 Å². The van der Waals surface area contributed by atoms with E-state index >= 15 is 0 Å². The maximum atomic E-state index is 5.38. The molecule has 0 unspecified atom stereocenters. The summed E-state index contributed by atoms with van der Waals surface area (Å²) in [7, 11) is 0. The molecule has 82 valence electrons. The standard InChI is InChI=1S/C13H13NO2/c1-9-3-4-10(2)14(9)11-5-6-12-13(7-11)16-8-15-12/h3-7H,8H2,1-2H3. The van der Waals surface area contributed by atoms with Crippen LogP contribution >= 0.6 is 0 Å². The number of aryl methyl sites for hydroxylation is 2. The Morgan fingerprint density at radius 2 is 1.62 bits per heavy atom. The Labute approximate surface area is 94.2 Å². The largest absolute Gasteiger partial charge is 0.454 e. The van der Waals surface area contributed by atoms with E-state index in [0.717, 1.165) is 17.2 Å². The Morgan fingerprint density at radius 3 is 2.38 bits per heavy atom. The van der Waals surface area contributed by atoms with E-state index in [1.165, 1.54) is 11.4 Å². The molecular weight excluding hydrogens is 202 g/mol. The summed E-state index contributed by atoms with van der Waals surface area (Å²) in [6.45, 7) is 4.51. The maximum absolute atomic E-state index is 5.38. The Bertz CT molecular complexity index is 523. The van der Waals surface area contributed by atoms with E-state index in [1.807, 2.05) is 18.2 Å². The molecule has 0 spiro atoms. The average Bonchev–Trinajstić information content (AvgIpc) is 2.85. The lowest BCUT2D eigenvalue weighted by Crippen LogP contribution is -1.98. The van der Waals surface area contributed by atoms with Crippen LogP contribution in [-0.2, 0) is 0 Å². The van der Waals surface area contributed by atoms with Crippen molar-refractivity contribution < 1.29 is 9.47 Å². The molecule has 0 atom stereocenters. The number of rotatable bonds is 1. The third kappa shape index (κ3) is 1.28. The molecule has 2 heterocycles. The first-order valence-electron chi connectivity index (χ1n) is 5.31. The third-order valence-corrected chi connectivity index (χ3v) is 2.89. The molecule has 0 amide bonds. The van der Waals surface area contributed by atoms with Gasteiger partial charge in [-0.3, -0.25) is 0 Å². The van der Waals surface area contributed by atoms with Gasteiger partial charge in [0.15, 0.2) is 11.5 Å². The first kappa shape index (κ1) is 9.33. The topological polar surface area (TPSA) is 23.4 Å². The maximum Gasteiger partial charge on any atom is 0.231 e. The van der Waals surface area contributed by atoms with Crippen LogP contribution in [0.2, 0.25) is 0 Å². The molecule has 3 nitrogen and oxygen atoms in total. The number of fused-ring (bicyclic) bond motifs is 1. The fourth-order valence-corrected chi connectivity index (χ4v) is 2.10. The Kier molecular flexibility index (Phi) is 1.93. The lowest BCUT2D eigenvalue weighted by Gasteiger charge is -2.09. The van der Waals surface area contributed by atoms with E-state index in [0.29, 0.717) is 6.79 Å². The molecule has 1 aliphatic heterocycles. The molecule has 0 fully saturated rings. The van der Waals surface area contributed by atoms with Crippen molar-refractivity contribution in [2.24, 2.45) is 0 Å². The molecule has 0 aliphatic carbocycles. The van der Waals surface area contributed by atoms with Crippen molar-refractivity contribution in [2.45, 2.75) is 13.8 Å². The summed E-state index contributed by atoms with van der Waals surface area (Å²) in [5, 5.41) is 0. The van der Waals surface area contributed by atoms with Gasteiger partial charge < -0.3 is 14.0 Å².